The van der Waals surface area contributed by atoms with Crippen molar-refractivity contribution in [1.29, 1.82) is 0 Å². The van der Waals surface area contributed by atoms with E-state index >= 15 is 0 Å². The third-order valence-electron chi connectivity index (χ3n) is 6.14. The van der Waals surface area contributed by atoms with Crippen molar-refractivity contribution >= 4 is 0 Å². The number of hydrogen-bond donors (Lipinski definition) is 1. The average molecular weight is 484 g/mol. The molecule has 0 aliphatic carbocycles. The highest BCUT2D eigenvalue weighted by Gasteiger charge is 2.57. The second-order valence-corrected chi connectivity index (χ2v) is 9.27. The molecule has 0 aromatic heterocycles. The lowest BCUT2D eigenvalue weighted by atomic mass is 9.97. The smallest absolute Gasteiger partial charge is 0.190 e. The molecule has 0 unspecified atom stereocenters. The molecule has 1 N–H and O–H groups in total. The Balaban J connectivity index is 1.36. The summed E-state index contributed by atoms with van der Waals surface area (Å²) in [6, 6.07) is 18.9. The van der Waals surface area contributed by atoms with Gasteiger partial charge in [0, 0.05) is 11.5 Å². The van der Waals surface area contributed by atoms with Crippen LogP contribution >= 0.6 is 0 Å². The van der Waals surface area contributed by atoms with E-state index in [1.807, 2.05) is 74.5 Å². The highest BCUT2D eigenvalue weighted by atomic mass is 16.8. The molecule has 0 radical (unpaired) electrons. The van der Waals surface area contributed by atoms with Gasteiger partial charge in [0.25, 0.3) is 0 Å². The zero-order chi connectivity index (χ0) is 24.7. The number of rotatable bonds is 12. The minimum Gasteiger partial charge on any atom is -0.390 e. The predicted molar refractivity (Wildman–Crippen MR) is 128 cm³/mol. The average Bonchev–Trinajstić information content (AvgIpc) is 3.34. The Morgan fingerprint density at radius 3 is 2.34 bits per heavy atom. The zero-order valence-corrected chi connectivity index (χ0v) is 20.1. The Labute approximate surface area is 205 Å². The minimum atomic E-state index is -1.10. The van der Waals surface area contributed by atoms with Crippen molar-refractivity contribution in [1.82, 2.24) is 0 Å². The minimum absolute atomic E-state index is 0.324. The van der Waals surface area contributed by atoms with Crippen LogP contribution in [-0.2, 0) is 36.9 Å². The monoisotopic (exact) mass is 483 g/mol. The van der Waals surface area contributed by atoms with Crippen molar-refractivity contribution < 1.29 is 28.8 Å². The van der Waals surface area contributed by atoms with E-state index in [9.17, 15) is 5.11 Å². The summed E-state index contributed by atoms with van der Waals surface area (Å²) >= 11 is 0. The molecule has 2 fully saturated rings. The molecule has 0 saturated carbocycles. The molecule has 0 spiro atoms. The number of azide groups is 1. The summed E-state index contributed by atoms with van der Waals surface area (Å²) in [4.78, 5) is 2.95. The van der Waals surface area contributed by atoms with Gasteiger partial charge in [-0.15, -0.1) is 0 Å². The normalized spacial score (nSPS) is 26.6. The van der Waals surface area contributed by atoms with Gasteiger partial charge in [0.05, 0.1) is 25.4 Å². The third-order valence-corrected chi connectivity index (χ3v) is 6.14. The molecule has 6 atom stereocenters. The third kappa shape index (κ3) is 6.80. The molecule has 2 aromatic carbocycles. The van der Waals surface area contributed by atoms with E-state index in [2.05, 4.69) is 10.0 Å². The molecule has 35 heavy (non-hydrogen) atoms. The van der Waals surface area contributed by atoms with E-state index in [1.54, 1.807) is 0 Å². The second kappa shape index (κ2) is 12.0. The molecule has 2 aliphatic heterocycles. The quantitative estimate of drug-likeness (QED) is 0.206. The van der Waals surface area contributed by atoms with E-state index in [0.717, 1.165) is 11.1 Å². The van der Waals surface area contributed by atoms with Gasteiger partial charge in [-0.3, -0.25) is 0 Å². The number of aliphatic hydroxyl groups excluding tert-OH is 1. The highest BCUT2D eigenvalue weighted by molar-refractivity contribution is 5.14. The largest absolute Gasteiger partial charge is 0.390 e. The van der Waals surface area contributed by atoms with E-state index < -0.39 is 42.5 Å². The molecule has 9 heteroatoms. The summed E-state index contributed by atoms with van der Waals surface area (Å²) < 4.78 is 29.9. The molecular formula is C26H33N3O6. The maximum Gasteiger partial charge on any atom is 0.190 e. The van der Waals surface area contributed by atoms with Gasteiger partial charge in [-0.25, -0.2) is 0 Å². The van der Waals surface area contributed by atoms with Crippen molar-refractivity contribution in [2.45, 2.75) is 82.4 Å². The SMILES string of the molecule is CC1(C)O[C@H]2O[C@H]([C@H](O)[C@@H](CCCOCc3ccccc3)N=[N+]=[N-])[C@H](OCc3ccccc3)[C@H]2O1. The van der Waals surface area contributed by atoms with E-state index in [1.165, 1.54) is 0 Å². The molecule has 188 valence electrons. The van der Waals surface area contributed by atoms with Gasteiger partial charge in [0.2, 0.25) is 0 Å². The summed E-state index contributed by atoms with van der Waals surface area (Å²) in [6.45, 7) is 4.93. The first-order chi connectivity index (χ1) is 17.0. The number of ether oxygens (including phenoxy) is 5. The molecule has 2 aliphatic rings. The zero-order valence-electron chi connectivity index (χ0n) is 20.1. The van der Waals surface area contributed by atoms with E-state index in [-0.39, 0.29) is 0 Å². The summed E-state index contributed by atoms with van der Waals surface area (Å²) in [5.74, 6) is -0.820. The highest BCUT2D eigenvalue weighted by Crippen LogP contribution is 2.40. The van der Waals surface area contributed by atoms with Crippen LogP contribution in [0.25, 0.3) is 10.4 Å². The maximum absolute atomic E-state index is 11.2. The van der Waals surface area contributed by atoms with Gasteiger partial charge in [-0.1, -0.05) is 65.8 Å². The summed E-state index contributed by atoms with van der Waals surface area (Å²) in [6.07, 6.45) is -2.59. The van der Waals surface area contributed by atoms with Crippen molar-refractivity contribution in [2.24, 2.45) is 5.11 Å². The Kier molecular flexibility index (Phi) is 8.75. The predicted octanol–water partition coefficient (Wildman–Crippen LogP) is 4.49. The van der Waals surface area contributed by atoms with Crippen molar-refractivity contribution in [3.63, 3.8) is 0 Å². The van der Waals surface area contributed by atoms with Crippen LogP contribution in [0.1, 0.15) is 37.8 Å². The molecular weight excluding hydrogens is 450 g/mol. The Morgan fingerprint density at radius 1 is 1.03 bits per heavy atom. The molecule has 0 bridgehead atoms. The molecule has 2 heterocycles. The fourth-order valence-electron chi connectivity index (χ4n) is 4.48. The molecule has 0 amide bonds. The molecule has 4 rings (SSSR count). The van der Waals surface area contributed by atoms with Crippen LogP contribution in [0.5, 0.6) is 0 Å². The first kappa shape index (κ1) is 25.6. The maximum atomic E-state index is 11.2. The van der Waals surface area contributed by atoms with Crippen LogP contribution in [0.2, 0.25) is 0 Å². The lowest BCUT2D eigenvalue weighted by Crippen LogP contribution is -2.46. The topological polar surface area (TPSA) is 115 Å². The number of fused-ring (bicyclic) bond motifs is 1. The lowest BCUT2D eigenvalue weighted by molar-refractivity contribution is -0.231. The van der Waals surface area contributed by atoms with Crippen molar-refractivity contribution in [2.75, 3.05) is 6.61 Å². The molecule has 9 nitrogen and oxygen atoms in total. The van der Waals surface area contributed by atoms with Crippen LogP contribution in [0.4, 0.5) is 0 Å². The van der Waals surface area contributed by atoms with Crippen LogP contribution in [0, 0.1) is 0 Å². The fourth-order valence-corrected chi connectivity index (χ4v) is 4.48. The molecule has 2 aromatic rings. The van der Waals surface area contributed by atoms with Gasteiger partial charge in [0.1, 0.15) is 18.3 Å². The van der Waals surface area contributed by atoms with Crippen LogP contribution < -0.4 is 0 Å². The lowest BCUT2D eigenvalue weighted by Gasteiger charge is -2.31. The number of hydrogen-bond acceptors (Lipinski definition) is 7. The Hall–Kier alpha value is -2.49. The van der Waals surface area contributed by atoms with Crippen LogP contribution in [-0.4, -0.2) is 54.2 Å². The van der Waals surface area contributed by atoms with Gasteiger partial charge in [-0.05, 0) is 43.3 Å². The Bertz CT molecular complexity index is 970. The van der Waals surface area contributed by atoms with Crippen molar-refractivity contribution in [3.8, 4) is 0 Å². The first-order valence-corrected chi connectivity index (χ1v) is 12.0. The van der Waals surface area contributed by atoms with Gasteiger partial charge in [0.15, 0.2) is 12.1 Å². The number of benzene rings is 2. The van der Waals surface area contributed by atoms with Crippen LogP contribution in [0.15, 0.2) is 65.8 Å². The van der Waals surface area contributed by atoms with Crippen molar-refractivity contribution in [3.05, 3.63) is 82.2 Å². The second-order valence-electron chi connectivity index (χ2n) is 9.27. The Morgan fingerprint density at radius 2 is 1.69 bits per heavy atom. The van der Waals surface area contributed by atoms with Gasteiger partial charge < -0.3 is 28.8 Å². The fraction of sp³-hybridized carbons (Fsp3) is 0.538. The van der Waals surface area contributed by atoms with E-state index in [4.69, 9.17) is 29.2 Å². The summed E-state index contributed by atoms with van der Waals surface area (Å²) in [7, 11) is 0. The summed E-state index contributed by atoms with van der Waals surface area (Å²) in [5, 5.41) is 15.1. The first-order valence-electron chi connectivity index (χ1n) is 12.0. The molecule has 2 saturated heterocycles. The van der Waals surface area contributed by atoms with Gasteiger partial charge >= 0.3 is 0 Å². The number of aliphatic hydroxyl groups is 1. The van der Waals surface area contributed by atoms with Gasteiger partial charge in [-0.2, -0.15) is 0 Å². The summed E-state index contributed by atoms with van der Waals surface area (Å²) in [5.41, 5.74) is 11.2. The standard InChI is InChI=1S/C26H33N3O6/c1-26(2)34-24-23(32-17-19-12-7-4-8-13-19)22(33-25(24)35-26)21(30)20(28-29-27)14-9-15-31-16-18-10-5-3-6-11-18/h3-8,10-13,20-25,30H,9,14-17H2,1-2H3/t20-,21-,22-,23+,24-,25-/m1/s1. The number of nitrogens with zero attached hydrogens (tertiary/aromatic N) is 3. The van der Waals surface area contributed by atoms with Crippen LogP contribution in [0.3, 0.4) is 0 Å². The van der Waals surface area contributed by atoms with E-state index in [0.29, 0.717) is 32.7 Å².